The minimum Gasteiger partial charge on any atom is -0.350 e. The second-order valence-corrected chi connectivity index (χ2v) is 9.93. The highest BCUT2D eigenvalue weighted by Gasteiger charge is 2.34. The average molecular weight is 486 g/mol. The first-order chi connectivity index (χ1) is 15.7. The Balaban J connectivity index is 1.56. The number of amides is 3. The van der Waals surface area contributed by atoms with Crippen LogP contribution in [-0.2, 0) is 14.8 Å². The van der Waals surface area contributed by atoms with E-state index in [1.165, 1.54) is 30.3 Å². The Morgan fingerprint density at radius 3 is 2.39 bits per heavy atom. The van der Waals surface area contributed by atoms with Gasteiger partial charge in [0, 0.05) is 25.2 Å². The van der Waals surface area contributed by atoms with Crippen LogP contribution >= 0.6 is 11.8 Å². The van der Waals surface area contributed by atoms with Gasteiger partial charge in [0.2, 0.25) is 10.0 Å². The summed E-state index contributed by atoms with van der Waals surface area (Å²) in [6.45, 7) is 5.61. The van der Waals surface area contributed by atoms with Gasteiger partial charge in [0.1, 0.15) is 0 Å². The molecule has 0 atom stereocenters. The van der Waals surface area contributed by atoms with Crippen molar-refractivity contribution in [3.05, 3.63) is 82.8 Å². The molecule has 0 aromatic heterocycles. The number of benzene rings is 2. The molecule has 0 spiro atoms. The number of nitrogens with one attached hydrogen (secondary N) is 2. The zero-order chi connectivity index (χ0) is 24.0. The van der Waals surface area contributed by atoms with E-state index in [1.54, 1.807) is 6.08 Å². The van der Waals surface area contributed by atoms with E-state index in [-0.39, 0.29) is 30.1 Å². The Bertz CT molecular complexity index is 1200. The second-order valence-electron chi connectivity index (χ2n) is 7.16. The zero-order valence-corrected chi connectivity index (χ0v) is 19.5. The predicted octanol–water partition coefficient (Wildman–Crippen LogP) is 2.93. The van der Waals surface area contributed by atoms with E-state index in [0.29, 0.717) is 4.91 Å². The normalized spacial score (nSPS) is 15.2. The molecule has 10 heteroatoms. The monoisotopic (exact) mass is 485 g/mol. The van der Waals surface area contributed by atoms with Crippen molar-refractivity contribution >= 4 is 44.9 Å². The quantitative estimate of drug-likeness (QED) is 0.417. The third-order valence-electron chi connectivity index (χ3n) is 4.71. The minimum atomic E-state index is -3.68. The SMILES string of the molecule is C=CCNS(=O)(=O)c1ccc(C(=O)NCCN2C(=O)S/C(=C\c3ccc(C)cc3)C2=O)cc1. The first-order valence-corrected chi connectivity index (χ1v) is 12.3. The molecule has 1 fully saturated rings. The van der Waals surface area contributed by atoms with E-state index < -0.39 is 27.1 Å². The van der Waals surface area contributed by atoms with Crippen molar-refractivity contribution in [2.75, 3.05) is 19.6 Å². The maximum absolute atomic E-state index is 12.6. The molecule has 1 aliphatic rings. The number of hydrogen-bond acceptors (Lipinski definition) is 6. The predicted molar refractivity (Wildman–Crippen MR) is 128 cm³/mol. The van der Waals surface area contributed by atoms with Gasteiger partial charge in [0.05, 0.1) is 9.80 Å². The average Bonchev–Trinajstić information content (AvgIpc) is 3.06. The lowest BCUT2D eigenvalue weighted by atomic mass is 10.1. The van der Waals surface area contributed by atoms with E-state index >= 15 is 0 Å². The molecule has 0 aliphatic carbocycles. The standard InChI is InChI=1S/C23H23N3O5S2/c1-3-12-25-33(30,31)19-10-8-18(9-11-19)21(27)24-13-14-26-22(28)20(32-23(26)29)15-17-6-4-16(2)5-7-17/h3-11,15,25H,1,12-14H2,2H3,(H,24,27)/b20-15-. The lowest BCUT2D eigenvalue weighted by Gasteiger charge is -2.13. The molecule has 8 nitrogen and oxygen atoms in total. The van der Waals surface area contributed by atoms with Crippen LogP contribution in [0.2, 0.25) is 0 Å². The smallest absolute Gasteiger partial charge is 0.293 e. The lowest BCUT2D eigenvalue weighted by Crippen LogP contribution is -2.37. The van der Waals surface area contributed by atoms with Crippen molar-refractivity contribution in [2.24, 2.45) is 0 Å². The maximum atomic E-state index is 12.6. The molecule has 33 heavy (non-hydrogen) atoms. The summed E-state index contributed by atoms with van der Waals surface area (Å²) in [5.41, 5.74) is 2.17. The van der Waals surface area contributed by atoms with Gasteiger partial charge in [-0.3, -0.25) is 19.3 Å². The summed E-state index contributed by atoms with van der Waals surface area (Å²) >= 11 is 0.862. The van der Waals surface area contributed by atoms with Crippen LogP contribution in [0.4, 0.5) is 4.79 Å². The molecule has 1 saturated heterocycles. The fourth-order valence-electron chi connectivity index (χ4n) is 2.93. The zero-order valence-electron chi connectivity index (χ0n) is 17.9. The number of carbonyl (C=O) groups excluding carboxylic acids is 3. The molecule has 0 saturated carbocycles. The third-order valence-corrected chi connectivity index (χ3v) is 7.06. The Kier molecular flexibility index (Phi) is 7.85. The number of carbonyl (C=O) groups is 3. The van der Waals surface area contributed by atoms with Gasteiger partial charge in [-0.05, 0) is 54.6 Å². The summed E-state index contributed by atoms with van der Waals surface area (Å²) < 4.78 is 26.5. The molecule has 172 valence electrons. The van der Waals surface area contributed by atoms with Crippen LogP contribution in [0, 0.1) is 6.92 Å². The summed E-state index contributed by atoms with van der Waals surface area (Å²) in [5, 5.41) is 2.24. The van der Waals surface area contributed by atoms with Crippen molar-refractivity contribution in [1.82, 2.24) is 14.9 Å². The van der Waals surface area contributed by atoms with Gasteiger partial charge in [-0.25, -0.2) is 13.1 Å². The van der Waals surface area contributed by atoms with Crippen LogP contribution in [0.5, 0.6) is 0 Å². The molecule has 2 aromatic carbocycles. The van der Waals surface area contributed by atoms with Crippen LogP contribution in [-0.4, -0.2) is 50.0 Å². The van der Waals surface area contributed by atoms with Crippen molar-refractivity contribution in [3.8, 4) is 0 Å². The highest BCUT2D eigenvalue weighted by atomic mass is 32.2. The van der Waals surface area contributed by atoms with Crippen LogP contribution < -0.4 is 10.0 Å². The Hall–Kier alpha value is -3.21. The van der Waals surface area contributed by atoms with Gasteiger partial charge >= 0.3 is 0 Å². The fraction of sp³-hybridized carbons (Fsp3) is 0.174. The first kappa shape index (κ1) is 24.4. The molecular formula is C23H23N3O5S2. The van der Waals surface area contributed by atoms with Gasteiger partial charge in [-0.1, -0.05) is 35.9 Å². The second kappa shape index (κ2) is 10.6. The number of sulfonamides is 1. The number of aryl methyl sites for hydroxylation is 1. The molecule has 1 aliphatic heterocycles. The highest BCUT2D eigenvalue weighted by molar-refractivity contribution is 8.18. The lowest BCUT2D eigenvalue weighted by molar-refractivity contribution is -0.122. The number of imide groups is 1. The summed E-state index contributed by atoms with van der Waals surface area (Å²) in [4.78, 5) is 38.6. The van der Waals surface area contributed by atoms with Crippen LogP contribution in [0.3, 0.4) is 0 Å². The summed E-state index contributed by atoms with van der Waals surface area (Å²) in [7, 11) is -3.68. The largest absolute Gasteiger partial charge is 0.350 e. The van der Waals surface area contributed by atoms with Crippen molar-refractivity contribution in [3.63, 3.8) is 0 Å². The van der Waals surface area contributed by atoms with Crippen LogP contribution in [0.15, 0.2) is 71.0 Å². The van der Waals surface area contributed by atoms with E-state index in [2.05, 4.69) is 16.6 Å². The summed E-state index contributed by atoms with van der Waals surface area (Å²) in [6, 6.07) is 13.0. The third kappa shape index (κ3) is 6.19. The number of nitrogens with zero attached hydrogens (tertiary/aromatic N) is 1. The van der Waals surface area contributed by atoms with Gasteiger partial charge in [0.15, 0.2) is 0 Å². The van der Waals surface area contributed by atoms with Crippen molar-refractivity contribution in [1.29, 1.82) is 0 Å². The van der Waals surface area contributed by atoms with E-state index in [0.717, 1.165) is 27.8 Å². The van der Waals surface area contributed by atoms with E-state index in [1.807, 2.05) is 31.2 Å². The van der Waals surface area contributed by atoms with Crippen LogP contribution in [0.1, 0.15) is 21.5 Å². The number of hydrogen-bond donors (Lipinski definition) is 2. The van der Waals surface area contributed by atoms with Crippen LogP contribution in [0.25, 0.3) is 6.08 Å². The van der Waals surface area contributed by atoms with E-state index in [4.69, 9.17) is 0 Å². The molecule has 2 N–H and O–H groups in total. The molecule has 0 bridgehead atoms. The molecule has 1 heterocycles. The summed E-state index contributed by atoms with van der Waals surface area (Å²) in [5.74, 6) is -0.846. The molecule has 2 aromatic rings. The molecular weight excluding hydrogens is 462 g/mol. The number of thioether (sulfide) groups is 1. The number of rotatable bonds is 9. The van der Waals surface area contributed by atoms with Gasteiger partial charge in [-0.2, -0.15) is 0 Å². The Morgan fingerprint density at radius 2 is 1.76 bits per heavy atom. The van der Waals surface area contributed by atoms with Gasteiger partial charge < -0.3 is 5.32 Å². The van der Waals surface area contributed by atoms with Crippen molar-refractivity contribution in [2.45, 2.75) is 11.8 Å². The highest BCUT2D eigenvalue weighted by Crippen LogP contribution is 2.31. The Labute approximate surface area is 196 Å². The fourth-order valence-corrected chi connectivity index (χ4v) is 4.79. The molecule has 0 unspecified atom stereocenters. The molecule has 3 amide bonds. The maximum Gasteiger partial charge on any atom is 0.293 e. The Morgan fingerprint density at radius 1 is 1.09 bits per heavy atom. The summed E-state index contributed by atoms with van der Waals surface area (Å²) in [6.07, 6.45) is 3.09. The molecule has 0 radical (unpaired) electrons. The van der Waals surface area contributed by atoms with Crippen molar-refractivity contribution < 1.29 is 22.8 Å². The molecule has 3 rings (SSSR count). The first-order valence-electron chi connectivity index (χ1n) is 10.0. The minimum absolute atomic E-state index is 0.0269. The van der Waals surface area contributed by atoms with Gasteiger partial charge in [0.25, 0.3) is 17.1 Å². The van der Waals surface area contributed by atoms with Gasteiger partial charge in [-0.15, -0.1) is 6.58 Å². The van der Waals surface area contributed by atoms with E-state index in [9.17, 15) is 22.8 Å². The topological polar surface area (TPSA) is 113 Å².